The van der Waals surface area contributed by atoms with Crippen LogP contribution < -0.4 is 0 Å². The van der Waals surface area contributed by atoms with E-state index in [1.807, 2.05) is 0 Å². The summed E-state index contributed by atoms with van der Waals surface area (Å²) in [5.41, 5.74) is -1.35. The number of methoxy groups -OCH3 is 1. The molecular weight excluding hydrogens is 411 g/mol. The summed E-state index contributed by atoms with van der Waals surface area (Å²) in [6.07, 6.45) is -2.57. The number of nitrogens with zero attached hydrogens (tertiary/aromatic N) is 3. The van der Waals surface area contributed by atoms with Gasteiger partial charge in [-0.15, -0.1) is 0 Å². The van der Waals surface area contributed by atoms with Gasteiger partial charge in [0.2, 0.25) is 0 Å². The molecule has 0 saturated heterocycles. The third kappa shape index (κ3) is 4.78. The molecule has 0 N–H and O–H groups in total. The molecule has 1 aromatic heterocycles. The van der Waals surface area contributed by atoms with Crippen molar-refractivity contribution in [2.24, 2.45) is 18.1 Å². The van der Waals surface area contributed by atoms with Crippen LogP contribution in [0.25, 0.3) is 0 Å². The predicted octanol–water partition coefficient (Wildman–Crippen LogP) is 3.66. The largest absolute Gasteiger partial charge is 0.465 e. The number of halogens is 3. The molecule has 0 bridgehead atoms. The van der Waals surface area contributed by atoms with Crippen molar-refractivity contribution in [1.29, 1.82) is 0 Å². The van der Waals surface area contributed by atoms with Gasteiger partial charge in [0.25, 0.3) is 0 Å². The van der Waals surface area contributed by atoms with Gasteiger partial charge in [0.1, 0.15) is 5.03 Å². The minimum atomic E-state index is -4.75. The van der Waals surface area contributed by atoms with Crippen LogP contribution in [0.3, 0.4) is 0 Å². The lowest BCUT2D eigenvalue weighted by molar-refractivity contribution is -0.145. The SMILES string of the molecule is COC(=O)c1ccccc1Sc1c(C=NOC(=O)C2CC2)c(C(F)(F)F)nn1C. The lowest BCUT2D eigenvalue weighted by Crippen LogP contribution is -2.09. The van der Waals surface area contributed by atoms with Crippen molar-refractivity contribution in [2.75, 3.05) is 7.11 Å². The van der Waals surface area contributed by atoms with Crippen LogP contribution in [0.2, 0.25) is 0 Å². The molecule has 0 amide bonds. The average Bonchev–Trinajstić information content (AvgIpc) is 3.48. The Kier molecular flexibility index (Phi) is 5.96. The monoisotopic (exact) mass is 427 g/mol. The summed E-state index contributed by atoms with van der Waals surface area (Å²) in [5.74, 6) is -1.45. The van der Waals surface area contributed by atoms with Gasteiger partial charge in [-0.05, 0) is 25.0 Å². The number of esters is 1. The van der Waals surface area contributed by atoms with E-state index in [-0.39, 0.29) is 22.1 Å². The van der Waals surface area contributed by atoms with E-state index in [0.29, 0.717) is 17.7 Å². The molecule has 3 rings (SSSR count). The number of oxime groups is 1. The summed E-state index contributed by atoms with van der Waals surface area (Å²) in [4.78, 5) is 28.6. The molecule has 1 heterocycles. The maximum atomic E-state index is 13.4. The highest BCUT2D eigenvalue weighted by molar-refractivity contribution is 7.99. The third-order valence-electron chi connectivity index (χ3n) is 4.03. The topological polar surface area (TPSA) is 82.8 Å². The Morgan fingerprint density at radius 1 is 1.31 bits per heavy atom. The van der Waals surface area contributed by atoms with Gasteiger partial charge in [-0.25, -0.2) is 9.59 Å². The molecule has 1 aliphatic carbocycles. The summed E-state index contributed by atoms with van der Waals surface area (Å²) in [6, 6.07) is 6.33. The summed E-state index contributed by atoms with van der Waals surface area (Å²) in [6.45, 7) is 0. The van der Waals surface area contributed by atoms with Crippen molar-refractivity contribution in [2.45, 2.75) is 28.9 Å². The summed E-state index contributed by atoms with van der Waals surface area (Å²) in [7, 11) is 2.55. The zero-order valence-corrected chi connectivity index (χ0v) is 16.2. The summed E-state index contributed by atoms with van der Waals surface area (Å²) >= 11 is 0.893. The van der Waals surface area contributed by atoms with Crippen molar-refractivity contribution in [3.8, 4) is 0 Å². The van der Waals surface area contributed by atoms with Crippen LogP contribution in [-0.2, 0) is 27.6 Å². The first-order valence-electron chi connectivity index (χ1n) is 8.46. The molecule has 29 heavy (non-hydrogen) atoms. The van der Waals surface area contributed by atoms with Crippen LogP contribution in [0.15, 0.2) is 39.3 Å². The first kappa shape index (κ1) is 20.9. The maximum absolute atomic E-state index is 13.4. The van der Waals surface area contributed by atoms with E-state index in [1.54, 1.807) is 18.2 Å². The van der Waals surface area contributed by atoms with E-state index in [0.717, 1.165) is 22.7 Å². The highest BCUT2D eigenvalue weighted by Gasteiger charge is 2.39. The molecule has 7 nitrogen and oxygen atoms in total. The molecule has 1 aromatic carbocycles. The fourth-order valence-electron chi connectivity index (χ4n) is 2.43. The second kappa shape index (κ2) is 8.27. The zero-order chi connectivity index (χ0) is 21.2. The molecule has 2 aromatic rings. The molecular formula is C18H16F3N3O4S. The van der Waals surface area contributed by atoms with E-state index in [9.17, 15) is 22.8 Å². The molecule has 1 aliphatic rings. The Morgan fingerprint density at radius 3 is 2.62 bits per heavy atom. The number of benzene rings is 1. The number of aryl methyl sites for hydroxylation is 1. The van der Waals surface area contributed by atoms with Gasteiger partial charge in [0.05, 0.1) is 30.4 Å². The molecule has 0 spiro atoms. The van der Waals surface area contributed by atoms with Gasteiger partial charge in [0.15, 0.2) is 5.69 Å². The van der Waals surface area contributed by atoms with Gasteiger partial charge in [0, 0.05) is 11.9 Å². The molecule has 1 fully saturated rings. The van der Waals surface area contributed by atoms with Crippen LogP contribution in [-0.4, -0.2) is 35.0 Å². The van der Waals surface area contributed by atoms with E-state index in [2.05, 4.69) is 15.1 Å². The molecule has 0 atom stereocenters. The van der Waals surface area contributed by atoms with E-state index in [1.165, 1.54) is 20.2 Å². The van der Waals surface area contributed by atoms with E-state index >= 15 is 0 Å². The molecule has 0 unspecified atom stereocenters. The predicted molar refractivity (Wildman–Crippen MR) is 96.5 cm³/mol. The number of hydrogen-bond acceptors (Lipinski definition) is 7. The van der Waals surface area contributed by atoms with Gasteiger partial charge >= 0.3 is 18.1 Å². The standard InChI is InChI=1S/C18H16F3N3O4S/c1-24-15(29-13-6-4-3-5-11(13)17(26)27-2)12(14(23-24)18(19,20)21)9-22-28-16(25)10-7-8-10/h3-6,9-10H,7-8H2,1-2H3. The van der Waals surface area contributed by atoms with Crippen molar-refractivity contribution in [1.82, 2.24) is 9.78 Å². The number of carbonyl (C=O) groups excluding carboxylic acids is 2. The van der Waals surface area contributed by atoms with Crippen LogP contribution >= 0.6 is 11.8 Å². The van der Waals surface area contributed by atoms with Crippen molar-refractivity contribution in [3.63, 3.8) is 0 Å². The molecule has 0 aliphatic heterocycles. The lowest BCUT2D eigenvalue weighted by atomic mass is 10.2. The Bertz CT molecular complexity index is 968. The van der Waals surface area contributed by atoms with Crippen molar-refractivity contribution >= 4 is 29.9 Å². The molecule has 1 saturated carbocycles. The zero-order valence-electron chi connectivity index (χ0n) is 15.4. The van der Waals surface area contributed by atoms with Crippen LogP contribution in [0, 0.1) is 5.92 Å². The smallest absolute Gasteiger partial charge is 0.435 e. The summed E-state index contributed by atoms with van der Waals surface area (Å²) < 4.78 is 46.1. The minimum Gasteiger partial charge on any atom is -0.465 e. The maximum Gasteiger partial charge on any atom is 0.435 e. The van der Waals surface area contributed by atoms with Crippen molar-refractivity contribution in [3.05, 3.63) is 41.1 Å². The number of rotatable bonds is 6. The second-order valence-corrected chi connectivity index (χ2v) is 7.23. The van der Waals surface area contributed by atoms with Gasteiger partial charge in [-0.3, -0.25) is 4.68 Å². The first-order valence-corrected chi connectivity index (χ1v) is 9.27. The van der Waals surface area contributed by atoms with E-state index < -0.39 is 23.8 Å². The van der Waals surface area contributed by atoms with Crippen LogP contribution in [0.5, 0.6) is 0 Å². The fourth-order valence-corrected chi connectivity index (χ4v) is 3.48. The number of aromatic nitrogens is 2. The fraction of sp³-hybridized carbons (Fsp3) is 0.333. The summed E-state index contributed by atoms with van der Waals surface area (Å²) in [5, 5.41) is 7.04. The number of ether oxygens (including phenoxy) is 1. The third-order valence-corrected chi connectivity index (χ3v) is 5.29. The quantitative estimate of drug-likeness (QED) is 0.303. The van der Waals surface area contributed by atoms with Crippen LogP contribution in [0.4, 0.5) is 13.2 Å². The Balaban J connectivity index is 1.98. The Morgan fingerprint density at radius 2 is 2.00 bits per heavy atom. The van der Waals surface area contributed by atoms with E-state index in [4.69, 9.17) is 4.74 Å². The van der Waals surface area contributed by atoms with Crippen LogP contribution in [0.1, 0.15) is 34.5 Å². The molecule has 154 valence electrons. The Labute approximate surface area is 167 Å². The number of alkyl halides is 3. The van der Waals surface area contributed by atoms with Gasteiger partial charge < -0.3 is 9.57 Å². The highest BCUT2D eigenvalue weighted by atomic mass is 32.2. The molecule has 0 radical (unpaired) electrons. The number of hydrogen-bond donors (Lipinski definition) is 0. The number of carbonyl (C=O) groups is 2. The van der Waals surface area contributed by atoms with Crippen molar-refractivity contribution < 1.29 is 32.3 Å². The lowest BCUT2D eigenvalue weighted by Gasteiger charge is -2.08. The minimum absolute atomic E-state index is 0.0694. The molecule has 11 heteroatoms. The average molecular weight is 427 g/mol. The van der Waals surface area contributed by atoms with Gasteiger partial charge in [-0.1, -0.05) is 29.1 Å². The van der Waals surface area contributed by atoms with Gasteiger partial charge in [-0.2, -0.15) is 18.3 Å². The second-order valence-electron chi connectivity index (χ2n) is 6.20. The Hall–Kier alpha value is -2.82. The first-order chi connectivity index (χ1) is 13.7. The normalized spacial score (nSPS) is 14.2. The highest BCUT2D eigenvalue weighted by Crippen LogP contribution is 2.38.